The Labute approximate surface area is 221 Å². The third-order valence-corrected chi connectivity index (χ3v) is 4.86. The molecule has 2 aromatic rings. The van der Waals surface area contributed by atoms with Crippen LogP contribution in [0.2, 0.25) is 5.28 Å². The number of aromatic nitrogens is 3. The van der Waals surface area contributed by atoms with Crippen molar-refractivity contribution in [1.82, 2.24) is 15.0 Å². The molecule has 0 N–H and O–H groups in total. The Morgan fingerprint density at radius 3 is 1.97 bits per heavy atom. The van der Waals surface area contributed by atoms with Gasteiger partial charge < -0.3 is 33.2 Å². The van der Waals surface area contributed by atoms with E-state index in [2.05, 4.69) is 15.0 Å². The van der Waals surface area contributed by atoms with Gasteiger partial charge in [-0.3, -0.25) is 19.2 Å². The normalized spacial score (nSPS) is 22.5. The van der Waals surface area contributed by atoms with Gasteiger partial charge in [0.1, 0.15) is 18.5 Å². The third-order valence-electron chi connectivity index (χ3n) is 4.69. The monoisotopic (exact) mass is 553 g/mol. The molecule has 38 heavy (non-hydrogen) atoms. The van der Waals surface area contributed by atoms with E-state index in [0.29, 0.717) is 5.75 Å². The summed E-state index contributed by atoms with van der Waals surface area (Å²) in [6.07, 6.45) is -7.04. The highest BCUT2D eigenvalue weighted by Gasteiger charge is 2.53. The van der Waals surface area contributed by atoms with Crippen LogP contribution in [0.5, 0.6) is 17.8 Å². The number of hydrogen-bond acceptors (Lipinski definition) is 14. The minimum absolute atomic E-state index is 0.225. The van der Waals surface area contributed by atoms with Crippen LogP contribution in [0, 0.1) is 0 Å². The fourth-order valence-electron chi connectivity index (χ4n) is 3.39. The van der Waals surface area contributed by atoms with Crippen LogP contribution >= 0.6 is 11.6 Å². The van der Waals surface area contributed by atoms with Crippen molar-refractivity contribution in [2.45, 2.75) is 58.4 Å². The second-order valence-electron chi connectivity index (χ2n) is 7.77. The first kappa shape index (κ1) is 28.5. The molecular weight excluding hydrogens is 530 g/mol. The third kappa shape index (κ3) is 8.24. The van der Waals surface area contributed by atoms with E-state index in [1.54, 1.807) is 30.3 Å². The van der Waals surface area contributed by atoms with E-state index in [0.717, 1.165) is 27.7 Å². The van der Waals surface area contributed by atoms with Crippen molar-refractivity contribution >= 4 is 35.5 Å². The lowest BCUT2D eigenvalue weighted by Crippen LogP contribution is -2.63. The molecule has 1 aliphatic heterocycles. The van der Waals surface area contributed by atoms with Crippen LogP contribution in [-0.2, 0) is 42.9 Å². The molecule has 1 saturated heterocycles. The van der Waals surface area contributed by atoms with Gasteiger partial charge in [-0.1, -0.05) is 18.2 Å². The van der Waals surface area contributed by atoms with Crippen molar-refractivity contribution in [2.24, 2.45) is 0 Å². The van der Waals surface area contributed by atoms with Gasteiger partial charge >= 0.3 is 35.9 Å². The zero-order valence-corrected chi connectivity index (χ0v) is 21.4. The van der Waals surface area contributed by atoms with Crippen molar-refractivity contribution < 1.29 is 52.3 Å². The maximum Gasteiger partial charge on any atom is 0.329 e. The molecule has 3 rings (SSSR count). The lowest BCUT2D eigenvalue weighted by molar-refractivity contribution is -0.289. The van der Waals surface area contributed by atoms with Crippen molar-refractivity contribution in [3.05, 3.63) is 35.6 Å². The number of halogens is 1. The molecule has 2 heterocycles. The summed E-state index contributed by atoms with van der Waals surface area (Å²) in [5, 5.41) is -0.299. The molecule has 1 aromatic heterocycles. The van der Waals surface area contributed by atoms with Gasteiger partial charge in [0.25, 0.3) is 0 Å². The maximum absolute atomic E-state index is 11.9. The Hall–Kier alpha value is -4.04. The van der Waals surface area contributed by atoms with Crippen LogP contribution in [0.15, 0.2) is 30.3 Å². The van der Waals surface area contributed by atoms with E-state index < -0.39 is 67.2 Å². The first-order valence-electron chi connectivity index (χ1n) is 11.1. The molecule has 14 nitrogen and oxygen atoms in total. The van der Waals surface area contributed by atoms with E-state index in [1.807, 2.05) is 0 Å². The fourth-order valence-corrected chi connectivity index (χ4v) is 3.54. The Kier molecular flexibility index (Phi) is 9.73. The summed E-state index contributed by atoms with van der Waals surface area (Å²) in [5.74, 6) is -2.63. The Morgan fingerprint density at radius 2 is 1.37 bits per heavy atom. The molecule has 204 valence electrons. The Balaban J connectivity index is 1.97. The summed E-state index contributed by atoms with van der Waals surface area (Å²) >= 11 is 6.01. The van der Waals surface area contributed by atoms with Gasteiger partial charge in [0, 0.05) is 27.7 Å². The fraction of sp³-hybridized carbons (Fsp3) is 0.435. The summed E-state index contributed by atoms with van der Waals surface area (Å²) in [7, 11) is 0. The van der Waals surface area contributed by atoms with Crippen molar-refractivity contribution in [3.63, 3.8) is 0 Å². The zero-order valence-electron chi connectivity index (χ0n) is 20.7. The van der Waals surface area contributed by atoms with Gasteiger partial charge in [0.05, 0.1) is 0 Å². The average molecular weight is 554 g/mol. The Morgan fingerprint density at radius 1 is 0.789 bits per heavy atom. The van der Waals surface area contributed by atoms with Crippen LogP contribution in [0.3, 0.4) is 0 Å². The molecule has 0 saturated carbocycles. The molecule has 0 bridgehead atoms. The first-order chi connectivity index (χ1) is 18.0. The van der Waals surface area contributed by atoms with Crippen molar-refractivity contribution in [2.75, 3.05) is 6.61 Å². The van der Waals surface area contributed by atoms with Crippen LogP contribution in [0.4, 0.5) is 0 Å². The second kappa shape index (κ2) is 13.0. The van der Waals surface area contributed by atoms with E-state index in [9.17, 15) is 19.2 Å². The largest absolute Gasteiger partial charge is 0.463 e. The molecular formula is C23H24ClN3O11. The summed E-state index contributed by atoms with van der Waals surface area (Å²) in [6, 6.07) is 7.91. The molecule has 1 aromatic carbocycles. The number of esters is 4. The molecule has 0 radical (unpaired) electrons. The molecule has 0 spiro atoms. The number of benzene rings is 1. The van der Waals surface area contributed by atoms with Crippen LogP contribution in [0.1, 0.15) is 27.7 Å². The van der Waals surface area contributed by atoms with E-state index in [1.165, 1.54) is 0 Å². The average Bonchev–Trinajstić information content (AvgIpc) is 2.81. The summed E-state index contributed by atoms with van der Waals surface area (Å²) in [4.78, 5) is 59.0. The topological polar surface area (TPSA) is 172 Å². The number of para-hydroxylation sites is 1. The maximum atomic E-state index is 11.9. The second-order valence-corrected chi connectivity index (χ2v) is 8.11. The molecule has 15 heteroatoms. The summed E-state index contributed by atoms with van der Waals surface area (Å²) < 4.78 is 38.2. The van der Waals surface area contributed by atoms with Gasteiger partial charge in [-0.25, -0.2) is 0 Å². The highest BCUT2D eigenvalue weighted by Crippen LogP contribution is 2.31. The SMILES string of the molecule is CC(=O)OC[C@H]1O[C@@H](Oc2nc(Cl)nc(Oc3ccccc3)n2)[C@H](OC(C)=O)[C@@H](OC(C)=O)[C@@H]1OC(C)=O. The predicted molar refractivity (Wildman–Crippen MR) is 124 cm³/mol. The molecule has 1 fully saturated rings. The zero-order chi connectivity index (χ0) is 27.8. The van der Waals surface area contributed by atoms with Gasteiger partial charge in [-0.15, -0.1) is 4.98 Å². The number of rotatable bonds is 9. The number of nitrogens with zero attached hydrogens (tertiary/aromatic N) is 3. The molecule has 1 aliphatic rings. The molecule has 5 atom stereocenters. The lowest BCUT2D eigenvalue weighted by atomic mass is 9.98. The highest BCUT2D eigenvalue weighted by atomic mass is 35.5. The van der Waals surface area contributed by atoms with Crippen LogP contribution in [-0.4, -0.2) is 76.1 Å². The summed E-state index contributed by atoms with van der Waals surface area (Å²) in [6.45, 7) is 4.03. The van der Waals surface area contributed by atoms with E-state index in [4.69, 9.17) is 44.8 Å². The first-order valence-corrected chi connectivity index (χ1v) is 11.5. The molecule has 0 amide bonds. The van der Waals surface area contributed by atoms with Gasteiger partial charge in [-0.2, -0.15) is 9.97 Å². The predicted octanol–water partition coefficient (Wildman–Crippen LogP) is 1.78. The molecule has 0 unspecified atom stereocenters. The van der Waals surface area contributed by atoms with Crippen LogP contribution < -0.4 is 9.47 Å². The smallest absolute Gasteiger partial charge is 0.329 e. The van der Waals surface area contributed by atoms with Crippen molar-refractivity contribution in [1.29, 1.82) is 0 Å². The standard InChI is InChI=1S/C23H24ClN3O11/c1-11(28)32-10-16-17(33-12(2)29)18(34-13(3)30)19(35-14(4)31)20(37-16)38-23-26-21(24)25-22(27-23)36-15-8-6-5-7-9-15/h5-9,16-20H,10H2,1-4H3/t16-,17-,18+,19-,20+/m1/s1. The Bertz CT molecular complexity index is 1170. The summed E-state index contributed by atoms with van der Waals surface area (Å²) in [5.41, 5.74) is 0. The number of ether oxygens (including phenoxy) is 7. The number of carbonyl (C=O) groups excluding carboxylic acids is 4. The minimum atomic E-state index is -1.56. The molecule has 0 aliphatic carbocycles. The lowest BCUT2D eigenvalue weighted by Gasteiger charge is -2.43. The highest BCUT2D eigenvalue weighted by molar-refractivity contribution is 6.28. The number of hydrogen-bond donors (Lipinski definition) is 0. The van der Waals surface area contributed by atoms with Gasteiger partial charge in [0.15, 0.2) is 12.2 Å². The van der Waals surface area contributed by atoms with Gasteiger partial charge in [0.2, 0.25) is 17.7 Å². The van der Waals surface area contributed by atoms with Crippen molar-refractivity contribution in [3.8, 4) is 17.8 Å². The number of carbonyl (C=O) groups is 4. The van der Waals surface area contributed by atoms with Crippen LogP contribution in [0.25, 0.3) is 0 Å². The minimum Gasteiger partial charge on any atom is -0.463 e. The quantitative estimate of drug-likeness (QED) is 0.325. The van der Waals surface area contributed by atoms with E-state index in [-0.39, 0.29) is 11.3 Å². The van der Waals surface area contributed by atoms with Gasteiger partial charge in [-0.05, 0) is 23.7 Å². The van der Waals surface area contributed by atoms with E-state index >= 15 is 0 Å².